The van der Waals surface area contributed by atoms with Crippen molar-refractivity contribution < 1.29 is 31.8 Å². The van der Waals surface area contributed by atoms with Gasteiger partial charge in [-0.1, -0.05) is 6.07 Å². The van der Waals surface area contributed by atoms with Crippen LogP contribution in [0, 0.1) is 11.2 Å². The van der Waals surface area contributed by atoms with Gasteiger partial charge in [0.2, 0.25) is 5.91 Å². The largest absolute Gasteiger partial charge is 0.494 e. The predicted octanol–water partition coefficient (Wildman–Crippen LogP) is 3.11. The van der Waals surface area contributed by atoms with Crippen molar-refractivity contribution in [2.75, 3.05) is 44.9 Å². The minimum Gasteiger partial charge on any atom is -0.494 e. The molecule has 3 heterocycles. The number of anilines is 1. The Morgan fingerprint density at radius 1 is 1.19 bits per heavy atom. The van der Waals surface area contributed by atoms with Crippen LogP contribution in [0.2, 0.25) is 0 Å². The van der Waals surface area contributed by atoms with Gasteiger partial charge in [-0.2, -0.15) is 13.2 Å². The fourth-order valence-electron chi connectivity index (χ4n) is 4.02. The van der Waals surface area contributed by atoms with Crippen LogP contribution in [0.25, 0.3) is 0 Å². The number of hydrogen-bond acceptors (Lipinski definition) is 5. The molecule has 1 spiro atoms. The highest BCUT2D eigenvalue weighted by molar-refractivity contribution is 5.78. The molecule has 0 atom stereocenters. The molecule has 1 amide bonds. The first-order chi connectivity index (χ1) is 14.7. The third-order valence-corrected chi connectivity index (χ3v) is 5.55. The first-order valence-electron chi connectivity index (χ1n) is 9.65. The average Bonchev–Trinajstić information content (AvgIpc) is 2.86. The molecule has 0 unspecified atom stereocenters. The van der Waals surface area contributed by atoms with Crippen LogP contribution in [-0.4, -0.2) is 55.7 Å². The number of pyridine rings is 1. The number of benzene rings is 1. The lowest BCUT2D eigenvalue weighted by Crippen LogP contribution is -2.62. The number of hydrogen-bond donors (Lipinski definition) is 0. The molecule has 0 aliphatic carbocycles. The van der Waals surface area contributed by atoms with E-state index >= 15 is 0 Å². The normalized spacial score (nSPS) is 18.7. The number of rotatable bonds is 4. The van der Waals surface area contributed by atoms with Crippen molar-refractivity contribution in [1.82, 2.24) is 9.88 Å². The summed E-state index contributed by atoms with van der Waals surface area (Å²) in [5.74, 6) is -0.127. The van der Waals surface area contributed by atoms with Crippen molar-refractivity contribution in [1.29, 1.82) is 0 Å². The Morgan fingerprint density at radius 3 is 2.58 bits per heavy atom. The maximum Gasteiger partial charge on any atom is 0.417 e. The number of ether oxygens (including phenoxy) is 2. The standard InChI is InChI=1S/C21H21F4N3O3/c1-30-17-4-2-14(6-16(17)22)8-27-10-20(13-31-9-19(27)29)11-28(12-20)18-5-3-15(7-26-18)21(23,24)25/h2-7H,8-13H2,1H3. The van der Waals surface area contributed by atoms with Crippen LogP contribution in [0.5, 0.6) is 5.75 Å². The number of carbonyl (C=O) groups excluding carboxylic acids is 1. The second-order valence-electron chi connectivity index (χ2n) is 7.97. The SMILES string of the molecule is COc1ccc(CN2CC3(COCC2=O)CN(c2ccc(C(F)(F)F)cn2)C3)cc1F. The number of alkyl halides is 3. The van der Waals surface area contributed by atoms with Crippen LogP contribution in [0.4, 0.5) is 23.4 Å². The smallest absolute Gasteiger partial charge is 0.417 e. The monoisotopic (exact) mass is 439 g/mol. The van der Waals surface area contributed by atoms with Crippen molar-refractivity contribution in [2.45, 2.75) is 12.7 Å². The van der Waals surface area contributed by atoms with Crippen LogP contribution in [0.1, 0.15) is 11.1 Å². The van der Waals surface area contributed by atoms with E-state index in [9.17, 15) is 22.4 Å². The Labute approximate surface area is 176 Å². The summed E-state index contributed by atoms with van der Waals surface area (Å²) < 4.78 is 62.7. The molecular weight excluding hydrogens is 418 g/mol. The van der Waals surface area contributed by atoms with Gasteiger partial charge in [0, 0.05) is 37.8 Å². The van der Waals surface area contributed by atoms with Crippen molar-refractivity contribution in [2.24, 2.45) is 5.41 Å². The third-order valence-electron chi connectivity index (χ3n) is 5.55. The van der Waals surface area contributed by atoms with E-state index in [0.29, 0.717) is 37.6 Å². The lowest BCUT2D eigenvalue weighted by atomic mass is 9.80. The minimum atomic E-state index is -4.43. The number of aromatic nitrogens is 1. The minimum absolute atomic E-state index is 0.0705. The molecule has 0 N–H and O–H groups in total. The highest BCUT2D eigenvalue weighted by atomic mass is 19.4. The lowest BCUT2D eigenvalue weighted by Gasteiger charge is -2.51. The summed E-state index contributed by atoms with van der Waals surface area (Å²) in [6.45, 7) is 1.89. The molecule has 0 bridgehead atoms. The number of carbonyl (C=O) groups is 1. The summed E-state index contributed by atoms with van der Waals surface area (Å²) in [4.78, 5) is 19.9. The highest BCUT2D eigenvalue weighted by Gasteiger charge is 2.47. The number of methoxy groups -OCH3 is 1. The molecule has 2 saturated heterocycles. The summed E-state index contributed by atoms with van der Waals surface area (Å²) in [6.07, 6.45) is -3.61. The summed E-state index contributed by atoms with van der Waals surface area (Å²) in [7, 11) is 1.38. The average molecular weight is 439 g/mol. The van der Waals surface area contributed by atoms with E-state index in [2.05, 4.69) is 4.98 Å². The van der Waals surface area contributed by atoms with Crippen LogP contribution in [-0.2, 0) is 22.3 Å². The van der Waals surface area contributed by atoms with Gasteiger partial charge in [0.05, 0.1) is 19.3 Å². The zero-order valence-corrected chi connectivity index (χ0v) is 16.8. The van der Waals surface area contributed by atoms with Crippen molar-refractivity contribution in [3.8, 4) is 5.75 Å². The summed E-state index contributed by atoms with van der Waals surface area (Å²) in [5.41, 5.74) is -0.529. The van der Waals surface area contributed by atoms with Crippen LogP contribution < -0.4 is 9.64 Å². The van der Waals surface area contributed by atoms with E-state index < -0.39 is 17.6 Å². The maximum atomic E-state index is 14.0. The Bertz CT molecular complexity index is 959. The quantitative estimate of drug-likeness (QED) is 0.686. The number of amides is 1. The molecule has 166 valence electrons. The molecule has 10 heteroatoms. The van der Waals surface area contributed by atoms with Gasteiger partial charge in [-0.05, 0) is 29.8 Å². The van der Waals surface area contributed by atoms with Gasteiger partial charge in [-0.3, -0.25) is 4.79 Å². The fraction of sp³-hybridized carbons (Fsp3) is 0.429. The molecule has 4 rings (SSSR count). The zero-order valence-electron chi connectivity index (χ0n) is 16.8. The van der Waals surface area contributed by atoms with E-state index in [1.165, 1.54) is 25.3 Å². The zero-order chi connectivity index (χ0) is 22.2. The first kappa shape index (κ1) is 21.4. The van der Waals surface area contributed by atoms with Crippen LogP contribution >= 0.6 is 0 Å². The molecular formula is C21H21F4N3O3. The van der Waals surface area contributed by atoms with Crippen LogP contribution in [0.3, 0.4) is 0 Å². The van der Waals surface area contributed by atoms with Gasteiger partial charge in [0.25, 0.3) is 0 Å². The van der Waals surface area contributed by atoms with Gasteiger partial charge in [0.1, 0.15) is 12.4 Å². The highest BCUT2D eigenvalue weighted by Crippen LogP contribution is 2.37. The van der Waals surface area contributed by atoms with Gasteiger partial charge >= 0.3 is 6.18 Å². The molecule has 1 aromatic heterocycles. The third kappa shape index (κ3) is 4.43. The Balaban J connectivity index is 1.44. The first-order valence-corrected chi connectivity index (χ1v) is 9.65. The second-order valence-corrected chi connectivity index (χ2v) is 7.97. The van der Waals surface area contributed by atoms with E-state index in [1.54, 1.807) is 11.0 Å². The Kier molecular flexibility index (Phi) is 5.50. The van der Waals surface area contributed by atoms with E-state index in [-0.39, 0.29) is 30.2 Å². The lowest BCUT2D eigenvalue weighted by molar-refractivity contribution is -0.138. The van der Waals surface area contributed by atoms with E-state index in [4.69, 9.17) is 9.47 Å². The molecule has 31 heavy (non-hydrogen) atoms. The van der Waals surface area contributed by atoms with Crippen molar-refractivity contribution >= 4 is 11.7 Å². The Morgan fingerprint density at radius 2 is 1.97 bits per heavy atom. The molecule has 2 aliphatic rings. The topological polar surface area (TPSA) is 54.9 Å². The molecule has 1 aromatic carbocycles. The number of halogens is 4. The summed E-state index contributed by atoms with van der Waals surface area (Å²) >= 11 is 0. The van der Waals surface area contributed by atoms with Crippen molar-refractivity contribution in [3.05, 3.63) is 53.5 Å². The molecule has 2 aromatic rings. The van der Waals surface area contributed by atoms with Gasteiger partial charge in [0.15, 0.2) is 11.6 Å². The van der Waals surface area contributed by atoms with Gasteiger partial charge in [-0.15, -0.1) is 0 Å². The van der Waals surface area contributed by atoms with E-state index in [0.717, 1.165) is 12.3 Å². The molecule has 0 saturated carbocycles. The van der Waals surface area contributed by atoms with Crippen LogP contribution in [0.15, 0.2) is 36.5 Å². The van der Waals surface area contributed by atoms with Gasteiger partial charge < -0.3 is 19.3 Å². The second kappa shape index (κ2) is 7.99. The van der Waals surface area contributed by atoms with E-state index in [1.807, 2.05) is 4.90 Å². The summed E-state index contributed by atoms with van der Waals surface area (Å²) in [6, 6.07) is 6.90. The molecule has 2 aliphatic heterocycles. The maximum absolute atomic E-state index is 14.0. The summed E-state index contributed by atoms with van der Waals surface area (Å²) in [5, 5.41) is 0. The van der Waals surface area contributed by atoms with Gasteiger partial charge in [-0.25, -0.2) is 9.37 Å². The molecule has 6 nitrogen and oxygen atoms in total. The fourth-order valence-corrected chi connectivity index (χ4v) is 4.02. The predicted molar refractivity (Wildman–Crippen MR) is 103 cm³/mol. The number of nitrogens with zero attached hydrogens (tertiary/aromatic N) is 3. The molecule has 0 radical (unpaired) electrons. The Hall–Kier alpha value is -2.88. The van der Waals surface area contributed by atoms with Crippen molar-refractivity contribution in [3.63, 3.8) is 0 Å². The molecule has 2 fully saturated rings.